The summed E-state index contributed by atoms with van der Waals surface area (Å²) in [6.45, 7) is 1.45. The van der Waals surface area contributed by atoms with Crippen molar-refractivity contribution >= 4 is 18.3 Å². The molecular weight excluding hydrogens is 290 g/mol. The first-order valence-corrected chi connectivity index (χ1v) is 7.34. The van der Waals surface area contributed by atoms with Gasteiger partial charge in [-0.3, -0.25) is 9.78 Å². The monoisotopic (exact) mass is 313 g/mol. The summed E-state index contributed by atoms with van der Waals surface area (Å²) in [5.74, 6) is -0.102. The van der Waals surface area contributed by atoms with Crippen LogP contribution in [-0.2, 0) is 11.3 Å². The van der Waals surface area contributed by atoms with Gasteiger partial charge in [-0.1, -0.05) is 19.3 Å². The van der Waals surface area contributed by atoms with Crippen LogP contribution in [0.4, 0.5) is 0 Å². The van der Waals surface area contributed by atoms with E-state index >= 15 is 0 Å². The summed E-state index contributed by atoms with van der Waals surface area (Å²) in [5, 5.41) is 2.86. The quantitative estimate of drug-likeness (QED) is 0.788. The number of ether oxygens (including phenoxy) is 1. The van der Waals surface area contributed by atoms with Crippen LogP contribution in [-0.4, -0.2) is 30.1 Å². The predicted molar refractivity (Wildman–Crippen MR) is 84.5 cm³/mol. The van der Waals surface area contributed by atoms with E-state index in [0.717, 1.165) is 18.5 Å². The van der Waals surface area contributed by atoms with Gasteiger partial charge in [-0.2, -0.15) is 0 Å². The second kappa shape index (κ2) is 9.71. The van der Waals surface area contributed by atoms with Crippen LogP contribution in [0.5, 0.6) is 0 Å². The third kappa shape index (κ3) is 5.99. The van der Waals surface area contributed by atoms with Crippen molar-refractivity contribution in [3.05, 3.63) is 29.6 Å². The minimum Gasteiger partial charge on any atom is -0.376 e. The summed E-state index contributed by atoms with van der Waals surface area (Å²) in [4.78, 5) is 16.0. The molecule has 1 aromatic heterocycles. The first-order chi connectivity index (χ1) is 9.79. The molecule has 0 atom stereocenters. The van der Waals surface area contributed by atoms with Gasteiger partial charge in [0.05, 0.1) is 18.4 Å². The Bertz CT molecular complexity index is 437. The van der Waals surface area contributed by atoms with E-state index in [0.29, 0.717) is 31.4 Å². The first-order valence-electron chi connectivity index (χ1n) is 7.34. The number of nitrogens with one attached hydrogen (secondary N) is 1. The fourth-order valence-electron chi connectivity index (χ4n) is 2.46. The number of hydrogen-bond acceptors (Lipinski definition) is 4. The van der Waals surface area contributed by atoms with Crippen LogP contribution in [0.1, 0.15) is 48.2 Å². The standard InChI is InChI=1S/C15H23N3O2.ClH/c16-11-13-10-12(6-7-17-13)15(19)18-8-9-20-14-4-2-1-3-5-14;/h6-7,10,14H,1-5,8-9,11,16H2,(H,18,19);1H. The van der Waals surface area contributed by atoms with Crippen LogP contribution in [0, 0.1) is 0 Å². The Kier molecular flexibility index (Phi) is 8.27. The predicted octanol–water partition coefficient (Wildman–Crippen LogP) is 2.04. The van der Waals surface area contributed by atoms with Gasteiger partial charge in [0.2, 0.25) is 0 Å². The number of halogens is 1. The number of pyridine rings is 1. The summed E-state index contributed by atoms with van der Waals surface area (Å²) in [7, 11) is 0. The van der Waals surface area contributed by atoms with Gasteiger partial charge in [0.15, 0.2) is 0 Å². The maximum absolute atomic E-state index is 11.9. The molecule has 0 saturated heterocycles. The zero-order chi connectivity index (χ0) is 14.2. The lowest BCUT2D eigenvalue weighted by Gasteiger charge is -2.22. The summed E-state index contributed by atoms with van der Waals surface area (Å²) >= 11 is 0. The fraction of sp³-hybridized carbons (Fsp3) is 0.600. The third-order valence-corrected chi connectivity index (χ3v) is 3.58. The molecular formula is C15H24ClN3O2. The number of amides is 1. The Hall–Kier alpha value is -1.17. The van der Waals surface area contributed by atoms with E-state index in [4.69, 9.17) is 10.5 Å². The molecule has 1 aromatic rings. The molecule has 0 aliphatic heterocycles. The average molecular weight is 314 g/mol. The van der Waals surface area contributed by atoms with E-state index in [9.17, 15) is 4.79 Å². The molecule has 0 unspecified atom stereocenters. The summed E-state index contributed by atoms with van der Waals surface area (Å²) in [6, 6.07) is 3.41. The number of rotatable bonds is 6. The molecule has 1 amide bonds. The van der Waals surface area contributed by atoms with E-state index in [1.807, 2.05) is 0 Å². The van der Waals surface area contributed by atoms with Crippen molar-refractivity contribution in [3.63, 3.8) is 0 Å². The zero-order valence-corrected chi connectivity index (χ0v) is 13.0. The van der Waals surface area contributed by atoms with Crippen LogP contribution in [0.15, 0.2) is 18.3 Å². The summed E-state index contributed by atoms with van der Waals surface area (Å²) in [5.41, 5.74) is 6.82. The topological polar surface area (TPSA) is 77.2 Å². The van der Waals surface area contributed by atoms with Gasteiger partial charge in [0.1, 0.15) is 0 Å². The molecule has 1 fully saturated rings. The molecule has 0 bridgehead atoms. The third-order valence-electron chi connectivity index (χ3n) is 3.58. The Labute approximate surface area is 132 Å². The molecule has 2 rings (SSSR count). The molecule has 5 nitrogen and oxygen atoms in total. The molecule has 21 heavy (non-hydrogen) atoms. The van der Waals surface area contributed by atoms with Crippen LogP contribution in [0.25, 0.3) is 0 Å². The molecule has 1 saturated carbocycles. The number of carbonyl (C=O) groups excluding carboxylic acids is 1. The maximum Gasteiger partial charge on any atom is 0.251 e. The number of nitrogens with zero attached hydrogens (tertiary/aromatic N) is 1. The van der Waals surface area contributed by atoms with E-state index in [1.54, 1.807) is 18.3 Å². The van der Waals surface area contributed by atoms with E-state index in [1.165, 1.54) is 19.3 Å². The number of carbonyl (C=O) groups is 1. The van der Waals surface area contributed by atoms with Crippen molar-refractivity contribution in [2.24, 2.45) is 5.73 Å². The smallest absolute Gasteiger partial charge is 0.251 e. The lowest BCUT2D eigenvalue weighted by Crippen LogP contribution is -2.29. The average Bonchev–Trinajstić information content (AvgIpc) is 2.52. The lowest BCUT2D eigenvalue weighted by atomic mass is 9.98. The number of nitrogens with two attached hydrogens (primary N) is 1. The van der Waals surface area contributed by atoms with Crippen molar-refractivity contribution in [1.82, 2.24) is 10.3 Å². The first kappa shape index (κ1) is 17.9. The number of hydrogen-bond donors (Lipinski definition) is 2. The van der Waals surface area contributed by atoms with Crippen molar-refractivity contribution in [1.29, 1.82) is 0 Å². The molecule has 0 spiro atoms. The Morgan fingerprint density at radius 1 is 1.38 bits per heavy atom. The van der Waals surface area contributed by atoms with Crippen molar-refractivity contribution in [2.75, 3.05) is 13.2 Å². The molecule has 118 valence electrons. The van der Waals surface area contributed by atoms with Crippen molar-refractivity contribution in [2.45, 2.75) is 44.8 Å². The highest BCUT2D eigenvalue weighted by atomic mass is 35.5. The van der Waals surface area contributed by atoms with E-state index < -0.39 is 0 Å². The highest BCUT2D eigenvalue weighted by Crippen LogP contribution is 2.19. The molecule has 1 aliphatic rings. The lowest BCUT2D eigenvalue weighted by molar-refractivity contribution is 0.0299. The largest absolute Gasteiger partial charge is 0.376 e. The Morgan fingerprint density at radius 3 is 2.86 bits per heavy atom. The molecule has 0 radical (unpaired) electrons. The van der Waals surface area contributed by atoms with Crippen molar-refractivity contribution < 1.29 is 9.53 Å². The van der Waals surface area contributed by atoms with E-state index in [2.05, 4.69) is 10.3 Å². The van der Waals surface area contributed by atoms with E-state index in [-0.39, 0.29) is 18.3 Å². The molecule has 0 aromatic carbocycles. The van der Waals surface area contributed by atoms with Gasteiger partial charge >= 0.3 is 0 Å². The highest BCUT2D eigenvalue weighted by molar-refractivity contribution is 5.94. The Balaban J connectivity index is 0.00000220. The second-order valence-corrected chi connectivity index (χ2v) is 5.13. The maximum atomic E-state index is 11.9. The van der Waals surface area contributed by atoms with Crippen LogP contribution >= 0.6 is 12.4 Å². The van der Waals surface area contributed by atoms with Gasteiger partial charge in [0.25, 0.3) is 5.91 Å². The van der Waals surface area contributed by atoms with Crippen molar-refractivity contribution in [3.8, 4) is 0 Å². The Morgan fingerprint density at radius 2 is 2.14 bits per heavy atom. The van der Waals surface area contributed by atoms with Gasteiger partial charge in [-0.15, -0.1) is 12.4 Å². The summed E-state index contributed by atoms with van der Waals surface area (Å²) in [6.07, 6.45) is 8.13. The highest BCUT2D eigenvalue weighted by Gasteiger charge is 2.13. The molecule has 6 heteroatoms. The molecule has 1 aliphatic carbocycles. The fourth-order valence-corrected chi connectivity index (χ4v) is 2.46. The second-order valence-electron chi connectivity index (χ2n) is 5.13. The minimum absolute atomic E-state index is 0. The minimum atomic E-state index is -0.102. The van der Waals surface area contributed by atoms with Gasteiger partial charge < -0.3 is 15.8 Å². The number of aromatic nitrogens is 1. The van der Waals surface area contributed by atoms with Gasteiger partial charge in [-0.25, -0.2) is 0 Å². The molecule has 3 N–H and O–H groups in total. The SMILES string of the molecule is Cl.NCc1cc(C(=O)NCCOC2CCCCC2)ccn1. The van der Waals surface area contributed by atoms with Crippen LogP contribution in [0.3, 0.4) is 0 Å². The van der Waals surface area contributed by atoms with Crippen LogP contribution < -0.4 is 11.1 Å². The normalized spacial score (nSPS) is 15.3. The van der Waals surface area contributed by atoms with Gasteiger partial charge in [0, 0.05) is 24.8 Å². The zero-order valence-electron chi connectivity index (χ0n) is 12.2. The van der Waals surface area contributed by atoms with Gasteiger partial charge in [-0.05, 0) is 25.0 Å². The van der Waals surface area contributed by atoms with Crippen LogP contribution in [0.2, 0.25) is 0 Å². The molecule has 1 heterocycles. The summed E-state index contributed by atoms with van der Waals surface area (Å²) < 4.78 is 5.77.